The molecule has 6 heteroatoms. The summed E-state index contributed by atoms with van der Waals surface area (Å²) < 4.78 is 37.9. The van der Waals surface area contributed by atoms with Crippen LogP contribution in [0.15, 0.2) is 49.0 Å². The van der Waals surface area contributed by atoms with Gasteiger partial charge in [-0.15, -0.1) is 0 Å². The van der Waals surface area contributed by atoms with Crippen molar-refractivity contribution in [2.75, 3.05) is 11.1 Å². The summed E-state index contributed by atoms with van der Waals surface area (Å²) in [5, 5.41) is 2.42. The number of hydrogen-bond acceptors (Lipinski definition) is 2. The van der Waals surface area contributed by atoms with Crippen molar-refractivity contribution in [3.63, 3.8) is 0 Å². The van der Waals surface area contributed by atoms with Gasteiger partial charge in [-0.05, 0) is 35.9 Å². The van der Waals surface area contributed by atoms with E-state index in [1.165, 1.54) is 24.3 Å². The molecule has 3 nitrogen and oxygen atoms in total. The highest BCUT2D eigenvalue weighted by atomic mass is 19.4. The van der Waals surface area contributed by atoms with Gasteiger partial charge < -0.3 is 11.1 Å². The van der Waals surface area contributed by atoms with Crippen LogP contribution in [0.3, 0.4) is 0 Å². The number of nitrogens with two attached hydrogens (primary N) is 1. The minimum atomic E-state index is -4.46. The molecule has 114 valence electrons. The molecule has 0 atom stereocenters. The van der Waals surface area contributed by atoms with Gasteiger partial charge in [-0.3, -0.25) is 4.79 Å². The van der Waals surface area contributed by atoms with Gasteiger partial charge in [0.15, 0.2) is 0 Å². The van der Waals surface area contributed by atoms with Crippen LogP contribution in [0.5, 0.6) is 0 Å². The SMILES string of the molecule is C=Cc1ccc(C(=O)Nc2cccc(C(F)(F)F)c2)cc1N. The maximum absolute atomic E-state index is 12.6. The van der Waals surface area contributed by atoms with E-state index in [1.807, 2.05) is 0 Å². The lowest BCUT2D eigenvalue weighted by atomic mass is 10.1. The first-order chi connectivity index (χ1) is 10.3. The Morgan fingerprint density at radius 3 is 2.50 bits per heavy atom. The number of nitrogen functional groups attached to an aromatic ring is 1. The van der Waals surface area contributed by atoms with Crippen LogP contribution in [0, 0.1) is 0 Å². The molecule has 0 bridgehead atoms. The van der Waals surface area contributed by atoms with Crippen molar-refractivity contribution >= 4 is 23.4 Å². The van der Waals surface area contributed by atoms with Crippen molar-refractivity contribution in [1.82, 2.24) is 0 Å². The summed E-state index contributed by atoms with van der Waals surface area (Å²) in [6.07, 6.45) is -2.92. The number of benzene rings is 2. The molecule has 2 rings (SSSR count). The van der Waals surface area contributed by atoms with E-state index >= 15 is 0 Å². The number of carbonyl (C=O) groups excluding carboxylic acids is 1. The van der Waals surface area contributed by atoms with Crippen LogP contribution >= 0.6 is 0 Å². The predicted molar refractivity (Wildman–Crippen MR) is 80.3 cm³/mol. The van der Waals surface area contributed by atoms with Crippen molar-refractivity contribution in [2.24, 2.45) is 0 Å². The van der Waals surface area contributed by atoms with Gasteiger partial charge in [0.2, 0.25) is 0 Å². The third kappa shape index (κ3) is 3.46. The van der Waals surface area contributed by atoms with E-state index in [-0.39, 0.29) is 11.3 Å². The van der Waals surface area contributed by atoms with Crippen LogP contribution in [-0.2, 0) is 6.18 Å². The van der Waals surface area contributed by atoms with E-state index in [0.717, 1.165) is 12.1 Å². The monoisotopic (exact) mass is 306 g/mol. The third-order valence-corrected chi connectivity index (χ3v) is 3.02. The zero-order valence-corrected chi connectivity index (χ0v) is 11.4. The predicted octanol–water partition coefficient (Wildman–Crippen LogP) is 4.18. The number of amides is 1. The molecule has 0 aliphatic rings. The molecule has 0 aromatic heterocycles. The average Bonchev–Trinajstić information content (AvgIpc) is 2.46. The van der Waals surface area contributed by atoms with Gasteiger partial charge in [0.05, 0.1) is 5.56 Å². The Labute approximate surface area is 125 Å². The van der Waals surface area contributed by atoms with Crippen molar-refractivity contribution in [3.05, 3.63) is 65.7 Å². The normalized spacial score (nSPS) is 11.0. The molecule has 0 aliphatic heterocycles. The average molecular weight is 306 g/mol. The van der Waals surface area contributed by atoms with E-state index in [0.29, 0.717) is 11.3 Å². The van der Waals surface area contributed by atoms with Crippen molar-refractivity contribution in [1.29, 1.82) is 0 Å². The van der Waals surface area contributed by atoms with Crippen molar-refractivity contribution < 1.29 is 18.0 Å². The summed E-state index contributed by atoms with van der Waals surface area (Å²) in [5.74, 6) is -0.540. The Morgan fingerprint density at radius 1 is 1.18 bits per heavy atom. The molecule has 0 saturated carbocycles. The van der Waals surface area contributed by atoms with Gasteiger partial charge >= 0.3 is 6.18 Å². The van der Waals surface area contributed by atoms with Crippen LogP contribution in [0.4, 0.5) is 24.5 Å². The highest BCUT2D eigenvalue weighted by Crippen LogP contribution is 2.30. The second-order valence-corrected chi connectivity index (χ2v) is 4.58. The number of nitrogens with one attached hydrogen (secondary N) is 1. The first-order valence-corrected chi connectivity index (χ1v) is 6.32. The molecule has 0 heterocycles. The van der Waals surface area contributed by atoms with Crippen LogP contribution in [0.2, 0.25) is 0 Å². The Kier molecular flexibility index (Phi) is 4.21. The number of alkyl halides is 3. The standard InChI is InChI=1S/C16H13F3N2O/c1-2-10-6-7-11(8-14(10)20)15(22)21-13-5-3-4-12(9-13)16(17,18)19/h2-9H,1,20H2,(H,21,22). The maximum atomic E-state index is 12.6. The topological polar surface area (TPSA) is 55.1 Å². The number of hydrogen-bond donors (Lipinski definition) is 2. The minimum Gasteiger partial charge on any atom is -0.398 e. The van der Waals surface area contributed by atoms with Crippen LogP contribution in [0.1, 0.15) is 21.5 Å². The van der Waals surface area contributed by atoms with Crippen LogP contribution in [-0.4, -0.2) is 5.91 Å². The fourth-order valence-electron chi connectivity index (χ4n) is 1.88. The molecule has 0 unspecified atom stereocenters. The fraction of sp³-hybridized carbons (Fsp3) is 0.0625. The van der Waals surface area contributed by atoms with E-state index in [2.05, 4.69) is 11.9 Å². The Morgan fingerprint density at radius 2 is 1.91 bits per heavy atom. The Hall–Kier alpha value is -2.76. The zero-order chi connectivity index (χ0) is 16.3. The van der Waals surface area contributed by atoms with Crippen LogP contribution < -0.4 is 11.1 Å². The first kappa shape index (κ1) is 15.6. The summed E-state index contributed by atoms with van der Waals surface area (Å²) in [4.78, 5) is 12.1. The van der Waals surface area contributed by atoms with Gasteiger partial charge in [-0.1, -0.05) is 24.8 Å². The molecule has 3 N–H and O–H groups in total. The molecule has 0 spiro atoms. The molecule has 0 radical (unpaired) electrons. The smallest absolute Gasteiger partial charge is 0.398 e. The highest BCUT2D eigenvalue weighted by molar-refractivity contribution is 6.05. The number of anilines is 2. The van der Waals surface area contributed by atoms with Crippen molar-refractivity contribution in [3.8, 4) is 0 Å². The number of carbonyl (C=O) groups is 1. The van der Waals surface area contributed by atoms with Gasteiger partial charge in [0.25, 0.3) is 5.91 Å². The summed E-state index contributed by atoms with van der Waals surface area (Å²) >= 11 is 0. The second kappa shape index (κ2) is 5.93. The molecule has 0 fully saturated rings. The van der Waals surface area contributed by atoms with Gasteiger partial charge in [-0.2, -0.15) is 13.2 Å². The van der Waals surface area contributed by atoms with Gasteiger partial charge in [0.1, 0.15) is 0 Å². The van der Waals surface area contributed by atoms with E-state index in [4.69, 9.17) is 5.73 Å². The Bertz CT molecular complexity index is 724. The summed E-state index contributed by atoms with van der Waals surface area (Å²) in [5.41, 5.74) is 6.27. The van der Waals surface area contributed by atoms with Crippen molar-refractivity contribution in [2.45, 2.75) is 6.18 Å². The summed E-state index contributed by atoms with van der Waals surface area (Å²) in [6.45, 7) is 3.58. The number of halogens is 3. The minimum absolute atomic E-state index is 0.0613. The van der Waals surface area contributed by atoms with E-state index < -0.39 is 17.6 Å². The third-order valence-electron chi connectivity index (χ3n) is 3.02. The lowest BCUT2D eigenvalue weighted by Gasteiger charge is -2.10. The van der Waals surface area contributed by atoms with E-state index in [9.17, 15) is 18.0 Å². The molecule has 1 amide bonds. The van der Waals surface area contributed by atoms with Gasteiger partial charge in [-0.25, -0.2) is 0 Å². The Balaban J connectivity index is 2.22. The number of rotatable bonds is 3. The molecule has 22 heavy (non-hydrogen) atoms. The molecular formula is C16H13F3N2O. The first-order valence-electron chi connectivity index (χ1n) is 6.32. The lowest BCUT2D eigenvalue weighted by molar-refractivity contribution is -0.137. The molecule has 0 aliphatic carbocycles. The summed E-state index contributed by atoms with van der Waals surface area (Å²) in [6, 6.07) is 9.01. The van der Waals surface area contributed by atoms with Gasteiger partial charge in [0, 0.05) is 16.9 Å². The summed E-state index contributed by atoms with van der Waals surface area (Å²) in [7, 11) is 0. The highest BCUT2D eigenvalue weighted by Gasteiger charge is 2.30. The molecule has 0 saturated heterocycles. The maximum Gasteiger partial charge on any atom is 0.416 e. The zero-order valence-electron chi connectivity index (χ0n) is 11.4. The molecule has 2 aromatic rings. The van der Waals surface area contributed by atoms with E-state index in [1.54, 1.807) is 12.1 Å². The quantitative estimate of drug-likeness (QED) is 0.836. The lowest BCUT2D eigenvalue weighted by Crippen LogP contribution is -2.13. The largest absolute Gasteiger partial charge is 0.416 e. The molecule has 2 aromatic carbocycles. The fourth-order valence-corrected chi connectivity index (χ4v) is 1.88. The van der Waals surface area contributed by atoms with Crippen LogP contribution in [0.25, 0.3) is 6.08 Å². The second-order valence-electron chi connectivity index (χ2n) is 4.58. The molecular weight excluding hydrogens is 293 g/mol.